The Labute approximate surface area is 119 Å². The molecule has 0 unspecified atom stereocenters. The molecule has 0 amide bonds. The zero-order chi connectivity index (χ0) is 14.8. The van der Waals surface area contributed by atoms with Crippen LogP contribution in [0.2, 0.25) is 19.6 Å². The molecule has 20 heavy (non-hydrogen) atoms. The number of nitrogens with zero attached hydrogens (tertiary/aromatic N) is 3. The van der Waals surface area contributed by atoms with Crippen LogP contribution in [-0.4, -0.2) is 37.1 Å². The van der Waals surface area contributed by atoms with E-state index < -0.39 is 14.0 Å². The smallest absolute Gasteiger partial charge is 0.251 e. The van der Waals surface area contributed by atoms with Crippen LogP contribution in [-0.2, 0) is 0 Å². The minimum Gasteiger partial charge on any atom is -0.355 e. The molecule has 6 heteroatoms. The average Bonchev–Trinajstić information content (AvgIpc) is 2.36. The van der Waals surface area contributed by atoms with Crippen LogP contribution < -0.4 is 4.90 Å². The van der Waals surface area contributed by atoms with Gasteiger partial charge in [-0.25, -0.2) is 13.8 Å². The fourth-order valence-electron chi connectivity index (χ4n) is 1.88. The minimum absolute atomic E-state index is 0.126. The third-order valence-corrected chi connectivity index (χ3v) is 3.88. The van der Waals surface area contributed by atoms with E-state index in [1.807, 2.05) is 4.90 Å². The Hall–Kier alpha value is -1.48. The summed E-state index contributed by atoms with van der Waals surface area (Å²) >= 11 is 0. The predicted octanol–water partition coefficient (Wildman–Crippen LogP) is 2.94. The maximum absolute atomic E-state index is 13.1. The topological polar surface area (TPSA) is 29.0 Å². The van der Waals surface area contributed by atoms with Crippen molar-refractivity contribution in [2.24, 2.45) is 0 Å². The predicted molar refractivity (Wildman–Crippen MR) is 78.7 cm³/mol. The summed E-state index contributed by atoms with van der Waals surface area (Å²) < 4.78 is 26.3. The summed E-state index contributed by atoms with van der Waals surface area (Å²) in [6.07, 6.45) is 2.98. The molecule has 0 bridgehead atoms. The Morgan fingerprint density at radius 3 is 2.45 bits per heavy atom. The molecule has 2 heterocycles. The molecule has 0 saturated carbocycles. The van der Waals surface area contributed by atoms with Crippen LogP contribution in [0, 0.1) is 11.5 Å². The molecule has 1 saturated heterocycles. The molecule has 0 aromatic carbocycles. The van der Waals surface area contributed by atoms with Gasteiger partial charge >= 0.3 is 0 Å². The number of hydrogen-bond donors (Lipinski definition) is 0. The van der Waals surface area contributed by atoms with Crippen molar-refractivity contribution in [3.63, 3.8) is 0 Å². The number of halogens is 2. The fraction of sp³-hybridized carbons (Fsp3) is 0.571. The van der Waals surface area contributed by atoms with Gasteiger partial charge in [-0.05, 0) is 0 Å². The van der Waals surface area contributed by atoms with Crippen molar-refractivity contribution in [2.75, 3.05) is 18.0 Å². The van der Waals surface area contributed by atoms with Gasteiger partial charge in [0.2, 0.25) is 0 Å². The lowest BCUT2D eigenvalue weighted by Crippen LogP contribution is -2.39. The lowest BCUT2D eigenvalue weighted by atomic mass is 10.1. The van der Waals surface area contributed by atoms with E-state index in [4.69, 9.17) is 0 Å². The van der Waals surface area contributed by atoms with Crippen LogP contribution in [0.4, 0.5) is 14.6 Å². The third-order valence-electron chi connectivity index (χ3n) is 3.01. The zero-order valence-corrected chi connectivity index (χ0v) is 13.1. The Bertz CT molecular complexity index is 533. The molecule has 0 aliphatic carbocycles. The van der Waals surface area contributed by atoms with E-state index in [1.54, 1.807) is 12.4 Å². The summed E-state index contributed by atoms with van der Waals surface area (Å²) in [5.74, 6) is 1.14. The molecule has 0 atom stereocenters. The monoisotopic (exact) mass is 295 g/mol. The first kappa shape index (κ1) is 14.9. The highest BCUT2D eigenvalue weighted by Gasteiger charge is 2.34. The maximum atomic E-state index is 13.1. The number of aromatic nitrogens is 2. The molecule has 1 aliphatic heterocycles. The van der Waals surface area contributed by atoms with Crippen molar-refractivity contribution in [2.45, 2.75) is 38.4 Å². The summed E-state index contributed by atoms with van der Waals surface area (Å²) in [5, 5.41) is 0. The van der Waals surface area contributed by atoms with Gasteiger partial charge in [0, 0.05) is 25.9 Å². The normalized spacial score (nSPS) is 18.4. The van der Waals surface area contributed by atoms with E-state index in [2.05, 4.69) is 41.1 Å². The van der Waals surface area contributed by atoms with Crippen LogP contribution in [0.15, 0.2) is 12.4 Å². The Morgan fingerprint density at radius 1 is 1.20 bits per heavy atom. The standard InChI is InChI=1S/C14H19F2N3Si/c1-20(2,3)9-4-12-10-17-11-13(18-12)19-7-5-14(15,16)6-8-19/h10-11H,5-8H2,1-3H3. The summed E-state index contributed by atoms with van der Waals surface area (Å²) in [6, 6.07) is 0. The number of alkyl halides is 2. The molecule has 0 N–H and O–H groups in total. The number of rotatable bonds is 1. The Kier molecular flexibility index (Phi) is 4.09. The van der Waals surface area contributed by atoms with Gasteiger partial charge < -0.3 is 4.90 Å². The largest absolute Gasteiger partial charge is 0.355 e. The molecule has 1 aromatic heterocycles. The first-order valence-electron chi connectivity index (χ1n) is 6.73. The van der Waals surface area contributed by atoms with E-state index in [-0.39, 0.29) is 12.8 Å². The van der Waals surface area contributed by atoms with Crippen LogP contribution >= 0.6 is 0 Å². The Balaban J connectivity index is 2.12. The van der Waals surface area contributed by atoms with Crippen LogP contribution in [0.5, 0.6) is 0 Å². The summed E-state index contributed by atoms with van der Waals surface area (Å²) in [5.41, 5.74) is 3.84. The molecular weight excluding hydrogens is 276 g/mol. The number of anilines is 1. The number of piperidine rings is 1. The summed E-state index contributed by atoms with van der Waals surface area (Å²) in [6.45, 7) is 7.09. The highest BCUT2D eigenvalue weighted by molar-refractivity contribution is 6.83. The van der Waals surface area contributed by atoms with Gasteiger partial charge in [0.15, 0.2) is 0 Å². The summed E-state index contributed by atoms with van der Waals surface area (Å²) in [4.78, 5) is 10.4. The average molecular weight is 295 g/mol. The fourth-order valence-corrected chi connectivity index (χ4v) is 2.39. The van der Waals surface area contributed by atoms with Crippen molar-refractivity contribution in [3.05, 3.63) is 18.1 Å². The van der Waals surface area contributed by atoms with Gasteiger partial charge in [0.25, 0.3) is 5.92 Å². The van der Waals surface area contributed by atoms with Gasteiger partial charge in [0.05, 0.1) is 12.4 Å². The maximum Gasteiger partial charge on any atom is 0.251 e. The van der Waals surface area contributed by atoms with Crippen molar-refractivity contribution >= 4 is 13.9 Å². The van der Waals surface area contributed by atoms with Crippen LogP contribution in [0.1, 0.15) is 18.5 Å². The Morgan fingerprint density at radius 2 is 1.85 bits per heavy atom. The molecule has 0 radical (unpaired) electrons. The number of hydrogen-bond acceptors (Lipinski definition) is 3. The third kappa shape index (κ3) is 4.27. The lowest BCUT2D eigenvalue weighted by molar-refractivity contribution is -0.0221. The zero-order valence-electron chi connectivity index (χ0n) is 12.1. The first-order valence-corrected chi connectivity index (χ1v) is 10.2. The quantitative estimate of drug-likeness (QED) is 0.589. The van der Waals surface area contributed by atoms with Crippen molar-refractivity contribution in [1.29, 1.82) is 0 Å². The highest BCUT2D eigenvalue weighted by atomic mass is 28.3. The highest BCUT2D eigenvalue weighted by Crippen LogP contribution is 2.29. The molecule has 108 valence electrons. The second kappa shape index (κ2) is 5.48. The second-order valence-electron chi connectivity index (χ2n) is 6.11. The second-order valence-corrected chi connectivity index (χ2v) is 10.9. The van der Waals surface area contributed by atoms with E-state index >= 15 is 0 Å². The van der Waals surface area contributed by atoms with Gasteiger partial charge in [-0.2, -0.15) is 0 Å². The SMILES string of the molecule is C[Si](C)(C)C#Cc1cncc(N2CCC(F)(F)CC2)n1. The first-order chi connectivity index (χ1) is 9.25. The molecule has 3 nitrogen and oxygen atoms in total. The van der Waals surface area contributed by atoms with Gasteiger partial charge in [-0.15, -0.1) is 5.54 Å². The van der Waals surface area contributed by atoms with E-state index in [1.165, 1.54) is 0 Å². The van der Waals surface area contributed by atoms with E-state index in [9.17, 15) is 8.78 Å². The van der Waals surface area contributed by atoms with Gasteiger partial charge in [0.1, 0.15) is 19.6 Å². The van der Waals surface area contributed by atoms with Gasteiger partial charge in [-0.3, -0.25) is 4.98 Å². The lowest BCUT2D eigenvalue weighted by Gasteiger charge is -2.32. The van der Waals surface area contributed by atoms with Crippen molar-refractivity contribution in [3.8, 4) is 11.5 Å². The van der Waals surface area contributed by atoms with E-state index in [0.29, 0.717) is 24.6 Å². The molecule has 2 rings (SSSR count). The minimum atomic E-state index is -2.54. The van der Waals surface area contributed by atoms with Crippen molar-refractivity contribution in [1.82, 2.24) is 9.97 Å². The van der Waals surface area contributed by atoms with Crippen LogP contribution in [0.25, 0.3) is 0 Å². The molecule has 1 aliphatic rings. The molecule has 1 fully saturated rings. The molecule has 0 spiro atoms. The van der Waals surface area contributed by atoms with Crippen LogP contribution in [0.3, 0.4) is 0 Å². The van der Waals surface area contributed by atoms with Crippen molar-refractivity contribution < 1.29 is 8.78 Å². The molecular formula is C14H19F2N3Si. The summed E-state index contributed by atoms with van der Waals surface area (Å²) in [7, 11) is -1.46. The molecule has 1 aromatic rings. The van der Waals surface area contributed by atoms with E-state index in [0.717, 1.165) is 0 Å². The van der Waals surface area contributed by atoms with Gasteiger partial charge in [-0.1, -0.05) is 25.6 Å².